The van der Waals surface area contributed by atoms with Gasteiger partial charge in [0.25, 0.3) is 0 Å². The van der Waals surface area contributed by atoms with Crippen LogP contribution in [0.2, 0.25) is 0 Å². The lowest BCUT2D eigenvalue weighted by Gasteiger charge is -2.26. The molecule has 6 heteroatoms. The van der Waals surface area contributed by atoms with Crippen LogP contribution in [-0.4, -0.2) is 23.6 Å². The van der Waals surface area contributed by atoms with Crippen LogP contribution < -0.4 is 4.90 Å². The molecule has 0 radical (unpaired) electrons. The van der Waals surface area contributed by atoms with Gasteiger partial charge in [-0.3, -0.25) is 4.79 Å². The van der Waals surface area contributed by atoms with E-state index in [2.05, 4.69) is 5.16 Å². The summed E-state index contributed by atoms with van der Waals surface area (Å²) in [6.45, 7) is 2.58. The van der Waals surface area contributed by atoms with Gasteiger partial charge in [-0.05, 0) is 44.0 Å². The first-order valence-corrected chi connectivity index (χ1v) is 7.63. The fourth-order valence-electron chi connectivity index (χ4n) is 2.56. The molecule has 1 amide bonds. The van der Waals surface area contributed by atoms with E-state index in [-0.39, 0.29) is 12.5 Å². The van der Waals surface area contributed by atoms with Gasteiger partial charge in [0, 0.05) is 24.7 Å². The number of hydrogen-bond donors (Lipinski definition) is 0. The van der Waals surface area contributed by atoms with Crippen molar-refractivity contribution in [1.29, 1.82) is 0 Å². The maximum atomic E-state index is 12.0. The molecule has 0 N–H and O–H groups in total. The monoisotopic (exact) mass is 314 g/mol. The van der Waals surface area contributed by atoms with Gasteiger partial charge in [-0.15, -0.1) is 0 Å². The fraction of sp³-hybridized carbons (Fsp3) is 0.353. The number of carbonyl (C=O) groups excluding carboxylic acids is 2. The van der Waals surface area contributed by atoms with Gasteiger partial charge < -0.3 is 14.2 Å². The second kappa shape index (κ2) is 6.64. The van der Waals surface area contributed by atoms with E-state index in [1.165, 1.54) is 0 Å². The Kier molecular flexibility index (Phi) is 4.41. The largest absolute Gasteiger partial charge is 0.454 e. The molecule has 0 saturated carbocycles. The van der Waals surface area contributed by atoms with Crippen molar-refractivity contribution in [2.75, 3.05) is 11.4 Å². The number of aromatic nitrogens is 1. The molecule has 1 saturated heterocycles. The summed E-state index contributed by atoms with van der Waals surface area (Å²) in [7, 11) is 0. The molecule has 3 rings (SSSR count). The summed E-state index contributed by atoms with van der Waals surface area (Å²) in [6, 6.07) is 8.62. The Hall–Kier alpha value is -2.63. The number of amides is 1. The van der Waals surface area contributed by atoms with Crippen molar-refractivity contribution in [1.82, 2.24) is 5.16 Å². The minimum Gasteiger partial charge on any atom is -0.454 e. The minimum atomic E-state index is -0.435. The Morgan fingerprint density at radius 3 is 2.74 bits per heavy atom. The van der Waals surface area contributed by atoms with Crippen molar-refractivity contribution in [3.8, 4) is 0 Å². The molecule has 0 unspecified atom stereocenters. The summed E-state index contributed by atoms with van der Waals surface area (Å²) in [5.41, 5.74) is 2.00. The Labute approximate surface area is 134 Å². The van der Waals surface area contributed by atoms with E-state index in [1.54, 1.807) is 42.2 Å². The number of piperidine rings is 1. The number of nitrogens with zero attached hydrogens (tertiary/aromatic N) is 2. The zero-order valence-electron chi connectivity index (χ0n) is 12.9. The SMILES string of the molecule is Cc1cc(COC(=O)c2ccc(N3CCCCC3=O)cc2)on1. The van der Waals surface area contributed by atoms with E-state index in [0.29, 0.717) is 17.7 Å². The first kappa shape index (κ1) is 15.3. The summed E-state index contributed by atoms with van der Waals surface area (Å²) in [5.74, 6) is 0.203. The predicted molar refractivity (Wildman–Crippen MR) is 83.0 cm³/mol. The topological polar surface area (TPSA) is 72.6 Å². The average molecular weight is 314 g/mol. The van der Waals surface area contributed by atoms with Crippen LogP contribution in [0.15, 0.2) is 34.9 Å². The van der Waals surface area contributed by atoms with Crippen LogP contribution in [0.1, 0.15) is 41.1 Å². The average Bonchev–Trinajstić information content (AvgIpc) is 2.99. The molecule has 0 aliphatic carbocycles. The highest BCUT2D eigenvalue weighted by Gasteiger charge is 2.20. The van der Waals surface area contributed by atoms with E-state index >= 15 is 0 Å². The molecular formula is C17H18N2O4. The molecule has 1 fully saturated rings. The number of hydrogen-bond acceptors (Lipinski definition) is 5. The highest BCUT2D eigenvalue weighted by molar-refractivity contribution is 5.95. The normalized spacial score (nSPS) is 14.8. The first-order chi connectivity index (χ1) is 11.1. The van der Waals surface area contributed by atoms with Gasteiger partial charge in [0.2, 0.25) is 5.91 Å². The van der Waals surface area contributed by atoms with E-state index in [4.69, 9.17) is 9.26 Å². The number of rotatable bonds is 4. The van der Waals surface area contributed by atoms with E-state index in [1.807, 2.05) is 0 Å². The van der Waals surface area contributed by atoms with Crippen LogP contribution in [0.3, 0.4) is 0 Å². The molecular weight excluding hydrogens is 296 g/mol. The fourth-order valence-corrected chi connectivity index (χ4v) is 2.56. The Bertz CT molecular complexity index is 706. The highest BCUT2D eigenvalue weighted by atomic mass is 16.5. The smallest absolute Gasteiger partial charge is 0.338 e. The standard InChI is InChI=1S/C17H18N2O4/c1-12-10-15(23-18-12)11-22-17(21)13-5-7-14(8-6-13)19-9-3-2-4-16(19)20/h5-8,10H,2-4,9,11H2,1H3. The zero-order valence-corrected chi connectivity index (χ0v) is 12.9. The van der Waals surface area contributed by atoms with Crippen LogP contribution in [0, 0.1) is 6.92 Å². The number of aryl methyl sites for hydroxylation is 1. The molecule has 0 spiro atoms. The molecule has 2 heterocycles. The molecule has 1 aliphatic rings. The maximum Gasteiger partial charge on any atom is 0.338 e. The molecule has 1 aromatic heterocycles. The third-order valence-electron chi connectivity index (χ3n) is 3.76. The van der Waals surface area contributed by atoms with E-state index < -0.39 is 5.97 Å². The van der Waals surface area contributed by atoms with Gasteiger partial charge in [0.05, 0.1) is 11.3 Å². The van der Waals surface area contributed by atoms with Crippen molar-refractivity contribution in [2.24, 2.45) is 0 Å². The minimum absolute atomic E-state index is 0.0477. The van der Waals surface area contributed by atoms with Crippen LogP contribution in [0.5, 0.6) is 0 Å². The number of benzene rings is 1. The number of carbonyl (C=O) groups is 2. The van der Waals surface area contributed by atoms with Crippen molar-refractivity contribution in [2.45, 2.75) is 32.8 Å². The number of anilines is 1. The van der Waals surface area contributed by atoms with Crippen LogP contribution in [-0.2, 0) is 16.1 Å². The summed E-state index contributed by atoms with van der Waals surface area (Å²) in [5, 5.41) is 3.73. The molecule has 1 aliphatic heterocycles. The van der Waals surface area contributed by atoms with E-state index in [9.17, 15) is 9.59 Å². The van der Waals surface area contributed by atoms with Crippen molar-refractivity contribution < 1.29 is 18.8 Å². The highest BCUT2D eigenvalue weighted by Crippen LogP contribution is 2.21. The van der Waals surface area contributed by atoms with Gasteiger partial charge in [-0.25, -0.2) is 4.79 Å². The van der Waals surface area contributed by atoms with Crippen LogP contribution in [0.4, 0.5) is 5.69 Å². The second-order valence-corrected chi connectivity index (χ2v) is 5.56. The second-order valence-electron chi connectivity index (χ2n) is 5.56. The number of esters is 1. The maximum absolute atomic E-state index is 12.0. The summed E-state index contributed by atoms with van der Waals surface area (Å²) >= 11 is 0. The zero-order chi connectivity index (χ0) is 16.2. The van der Waals surface area contributed by atoms with Crippen molar-refractivity contribution in [3.63, 3.8) is 0 Å². The molecule has 0 atom stereocenters. The predicted octanol–water partition coefficient (Wildman–Crippen LogP) is 2.86. The quantitative estimate of drug-likeness (QED) is 0.811. The lowest BCUT2D eigenvalue weighted by atomic mass is 10.1. The molecule has 1 aromatic carbocycles. The van der Waals surface area contributed by atoms with Gasteiger partial charge in [-0.2, -0.15) is 0 Å². The van der Waals surface area contributed by atoms with Crippen molar-refractivity contribution in [3.05, 3.63) is 47.3 Å². The van der Waals surface area contributed by atoms with E-state index in [0.717, 1.165) is 30.8 Å². The third-order valence-corrected chi connectivity index (χ3v) is 3.76. The molecule has 23 heavy (non-hydrogen) atoms. The Balaban J connectivity index is 1.62. The molecule has 120 valence electrons. The first-order valence-electron chi connectivity index (χ1n) is 7.63. The molecule has 2 aromatic rings. The Morgan fingerprint density at radius 2 is 2.09 bits per heavy atom. The van der Waals surface area contributed by atoms with Gasteiger partial charge in [0.1, 0.15) is 0 Å². The van der Waals surface area contributed by atoms with Gasteiger partial charge in [-0.1, -0.05) is 5.16 Å². The third kappa shape index (κ3) is 3.59. The molecule has 0 bridgehead atoms. The van der Waals surface area contributed by atoms with Crippen molar-refractivity contribution >= 4 is 17.6 Å². The summed E-state index contributed by atoms with van der Waals surface area (Å²) < 4.78 is 10.2. The molecule has 6 nitrogen and oxygen atoms in total. The van der Waals surface area contributed by atoms with Gasteiger partial charge >= 0.3 is 5.97 Å². The summed E-state index contributed by atoms with van der Waals surface area (Å²) in [4.78, 5) is 25.7. The lowest BCUT2D eigenvalue weighted by Crippen LogP contribution is -2.35. The Morgan fingerprint density at radius 1 is 1.30 bits per heavy atom. The van der Waals surface area contributed by atoms with Crippen LogP contribution >= 0.6 is 0 Å². The van der Waals surface area contributed by atoms with Gasteiger partial charge in [0.15, 0.2) is 12.4 Å². The lowest BCUT2D eigenvalue weighted by molar-refractivity contribution is -0.119. The number of ether oxygens (including phenoxy) is 1. The summed E-state index contributed by atoms with van der Waals surface area (Å²) in [6.07, 6.45) is 2.54. The van der Waals surface area contributed by atoms with Crippen LogP contribution in [0.25, 0.3) is 0 Å².